The maximum absolute atomic E-state index is 2.51. The molecule has 57 heavy (non-hydrogen) atoms. The third-order valence-corrected chi connectivity index (χ3v) is 13.2. The second kappa shape index (κ2) is 14.8. The van der Waals surface area contributed by atoms with Crippen molar-refractivity contribution >= 4 is 57.8 Å². The van der Waals surface area contributed by atoms with Gasteiger partial charge in [-0.15, -0.1) is 0 Å². The van der Waals surface area contributed by atoms with E-state index in [0.29, 0.717) is 0 Å². The molecule has 280 valence electrons. The normalized spacial score (nSPS) is 15.5. The van der Waals surface area contributed by atoms with Crippen molar-refractivity contribution in [3.63, 3.8) is 0 Å². The Balaban J connectivity index is 0.944. The van der Waals surface area contributed by atoms with Crippen LogP contribution in [0.1, 0.15) is 84.0 Å². The number of benzene rings is 7. The van der Waals surface area contributed by atoms with E-state index in [1.807, 2.05) is 0 Å². The van der Waals surface area contributed by atoms with E-state index in [-0.39, 0.29) is 5.41 Å². The molecule has 0 spiro atoms. The van der Waals surface area contributed by atoms with Gasteiger partial charge in [0.25, 0.3) is 0 Å². The van der Waals surface area contributed by atoms with Crippen LogP contribution in [0.15, 0.2) is 146 Å². The summed E-state index contributed by atoms with van der Waals surface area (Å²) in [6.07, 6.45) is 16.0. The van der Waals surface area contributed by atoms with Gasteiger partial charge in [0, 0.05) is 41.3 Å². The zero-order valence-corrected chi connectivity index (χ0v) is 33.2. The molecular weight excluding hydrogens is 689 g/mol. The van der Waals surface area contributed by atoms with Gasteiger partial charge in [0.05, 0.1) is 0 Å². The summed E-state index contributed by atoms with van der Waals surface area (Å²) in [5.41, 5.74) is 18.8. The molecule has 7 aromatic carbocycles. The van der Waals surface area contributed by atoms with Crippen molar-refractivity contribution in [2.75, 3.05) is 22.9 Å². The van der Waals surface area contributed by atoms with Crippen LogP contribution in [0, 0.1) is 0 Å². The summed E-state index contributed by atoms with van der Waals surface area (Å²) in [4.78, 5) is 4.94. The van der Waals surface area contributed by atoms with Crippen molar-refractivity contribution in [1.29, 1.82) is 0 Å². The standard InChI is InChI=1S/C55H50N2/c1-3-55(4-2)50-37-41(22-21-39-24-30-45(31-25-39)56-35-11-15-42-13-5-9-19-52(42)56)28-34-49(50)54-48-18-8-7-17-47(48)44(38-51(54)55)29-23-40-26-32-46(33-27-40)57-36-12-16-43-14-6-10-20-53(43)57/h5-10,13-14,17-34,37-38H,3-4,11-12,15-16,35-36H2,1-2H3/b22-21+,29-23+. The number of fused-ring (bicyclic) bond motifs is 7. The van der Waals surface area contributed by atoms with Gasteiger partial charge < -0.3 is 9.80 Å². The molecule has 0 saturated heterocycles. The van der Waals surface area contributed by atoms with Gasteiger partial charge in [-0.1, -0.05) is 141 Å². The largest absolute Gasteiger partial charge is 0.341 e. The molecule has 10 rings (SSSR count). The molecule has 0 saturated carbocycles. The Kier molecular flexibility index (Phi) is 9.14. The molecular formula is C55H50N2. The highest BCUT2D eigenvalue weighted by Crippen LogP contribution is 2.55. The third-order valence-electron chi connectivity index (χ3n) is 13.2. The summed E-state index contributed by atoms with van der Waals surface area (Å²) >= 11 is 0. The molecule has 2 nitrogen and oxygen atoms in total. The maximum Gasteiger partial charge on any atom is 0.0443 e. The average molecular weight is 739 g/mol. The zero-order valence-electron chi connectivity index (χ0n) is 33.2. The first-order chi connectivity index (χ1) is 28.1. The van der Waals surface area contributed by atoms with E-state index in [1.54, 1.807) is 0 Å². The second-order valence-corrected chi connectivity index (χ2v) is 16.1. The Morgan fingerprint density at radius 3 is 1.60 bits per heavy atom. The first kappa shape index (κ1) is 35.3. The van der Waals surface area contributed by atoms with Crippen molar-refractivity contribution in [1.82, 2.24) is 0 Å². The number of hydrogen-bond donors (Lipinski definition) is 0. The molecule has 0 N–H and O–H groups in total. The third kappa shape index (κ3) is 6.19. The first-order valence-corrected chi connectivity index (χ1v) is 21.1. The lowest BCUT2D eigenvalue weighted by Gasteiger charge is -2.31. The highest BCUT2D eigenvalue weighted by Gasteiger charge is 2.41. The van der Waals surface area contributed by atoms with Crippen molar-refractivity contribution in [2.24, 2.45) is 0 Å². The molecule has 0 unspecified atom stereocenters. The van der Waals surface area contributed by atoms with Crippen LogP contribution in [0.3, 0.4) is 0 Å². The minimum absolute atomic E-state index is 0.0418. The Morgan fingerprint density at radius 1 is 0.491 bits per heavy atom. The predicted molar refractivity (Wildman–Crippen MR) is 245 cm³/mol. The van der Waals surface area contributed by atoms with Crippen LogP contribution in [0.2, 0.25) is 0 Å². The quantitative estimate of drug-likeness (QED) is 0.143. The minimum Gasteiger partial charge on any atom is -0.341 e. The van der Waals surface area contributed by atoms with Crippen LogP contribution in [0.4, 0.5) is 22.7 Å². The van der Waals surface area contributed by atoms with E-state index < -0.39 is 0 Å². The topological polar surface area (TPSA) is 6.48 Å². The Morgan fingerprint density at radius 2 is 1.00 bits per heavy atom. The van der Waals surface area contributed by atoms with Gasteiger partial charge in [-0.05, 0) is 147 Å². The van der Waals surface area contributed by atoms with Gasteiger partial charge in [-0.3, -0.25) is 0 Å². The predicted octanol–water partition coefficient (Wildman–Crippen LogP) is 14.4. The SMILES string of the molecule is CCC1(CC)c2cc(/C=C/c3ccc(N4CCCc5ccccc54)cc3)ccc2-c2c1cc(/C=C/c1ccc(N3CCCc4ccccc43)cc1)c1ccccc21. The lowest BCUT2D eigenvalue weighted by molar-refractivity contribution is 0.490. The van der Waals surface area contributed by atoms with Gasteiger partial charge in [0.2, 0.25) is 0 Å². The molecule has 3 aliphatic rings. The van der Waals surface area contributed by atoms with E-state index in [0.717, 1.165) is 38.8 Å². The highest BCUT2D eigenvalue weighted by atomic mass is 15.1. The van der Waals surface area contributed by atoms with Crippen molar-refractivity contribution in [3.8, 4) is 11.1 Å². The molecule has 2 aliphatic heterocycles. The Labute approximate surface area is 338 Å². The maximum atomic E-state index is 2.51. The Hall–Kier alpha value is -6.12. The fourth-order valence-corrected chi connectivity index (χ4v) is 10.2. The van der Waals surface area contributed by atoms with Crippen LogP contribution in [0.5, 0.6) is 0 Å². The summed E-state index contributed by atoms with van der Waals surface area (Å²) in [6.45, 7) is 6.88. The fourth-order valence-electron chi connectivity index (χ4n) is 10.2. The summed E-state index contributed by atoms with van der Waals surface area (Å²) < 4.78 is 0. The number of nitrogens with zero attached hydrogens (tertiary/aromatic N) is 2. The smallest absolute Gasteiger partial charge is 0.0443 e. The van der Waals surface area contributed by atoms with E-state index in [1.165, 1.54) is 102 Å². The minimum atomic E-state index is -0.0418. The molecule has 2 heterocycles. The van der Waals surface area contributed by atoms with Crippen molar-refractivity contribution in [3.05, 3.63) is 190 Å². The van der Waals surface area contributed by atoms with Crippen LogP contribution in [0.25, 0.3) is 46.2 Å². The van der Waals surface area contributed by atoms with Crippen molar-refractivity contribution in [2.45, 2.75) is 57.8 Å². The number of rotatable bonds is 8. The number of hydrogen-bond acceptors (Lipinski definition) is 2. The fraction of sp³-hybridized carbons (Fsp3) is 0.200. The van der Waals surface area contributed by atoms with Gasteiger partial charge in [0.1, 0.15) is 0 Å². The van der Waals surface area contributed by atoms with Gasteiger partial charge in [-0.2, -0.15) is 0 Å². The lowest BCUT2D eigenvalue weighted by atomic mass is 9.73. The second-order valence-electron chi connectivity index (χ2n) is 16.1. The van der Waals surface area contributed by atoms with Gasteiger partial charge >= 0.3 is 0 Å². The van der Waals surface area contributed by atoms with E-state index in [2.05, 4.69) is 194 Å². The summed E-state index contributed by atoms with van der Waals surface area (Å²) in [6, 6.07) is 54.6. The summed E-state index contributed by atoms with van der Waals surface area (Å²) in [5, 5.41) is 2.65. The summed E-state index contributed by atoms with van der Waals surface area (Å²) in [5.74, 6) is 0. The number of para-hydroxylation sites is 2. The molecule has 0 aromatic heterocycles. The van der Waals surface area contributed by atoms with E-state index in [9.17, 15) is 0 Å². The molecule has 0 bridgehead atoms. The lowest BCUT2D eigenvalue weighted by Crippen LogP contribution is -2.24. The number of aryl methyl sites for hydroxylation is 2. The van der Waals surface area contributed by atoms with Crippen LogP contribution in [-0.4, -0.2) is 13.1 Å². The molecule has 0 radical (unpaired) electrons. The van der Waals surface area contributed by atoms with Crippen molar-refractivity contribution < 1.29 is 0 Å². The molecule has 0 amide bonds. The molecule has 1 aliphatic carbocycles. The summed E-state index contributed by atoms with van der Waals surface area (Å²) in [7, 11) is 0. The Bertz CT molecular complexity index is 2660. The molecule has 0 fully saturated rings. The van der Waals surface area contributed by atoms with Gasteiger partial charge in [-0.25, -0.2) is 0 Å². The average Bonchev–Trinajstić information content (AvgIpc) is 3.56. The first-order valence-electron chi connectivity index (χ1n) is 21.1. The van der Waals surface area contributed by atoms with Crippen LogP contribution >= 0.6 is 0 Å². The molecule has 7 aromatic rings. The van der Waals surface area contributed by atoms with E-state index >= 15 is 0 Å². The number of anilines is 4. The monoisotopic (exact) mass is 738 g/mol. The zero-order chi connectivity index (χ0) is 38.3. The molecule has 2 heteroatoms. The van der Waals surface area contributed by atoms with Crippen LogP contribution < -0.4 is 9.80 Å². The highest BCUT2D eigenvalue weighted by molar-refractivity contribution is 6.07. The van der Waals surface area contributed by atoms with E-state index in [4.69, 9.17) is 0 Å². The van der Waals surface area contributed by atoms with Gasteiger partial charge in [0.15, 0.2) is 0 Å². The molecule has 0 atom stereocenters. The van der Waals surface area contributed by atoms with Crippen LogP contribution in [-0.2, 0) is 18.3 Å².